The Labute approximate surface area is 112 Å². The number of hydrogen-bond donors (Lipinski definition) is 0. The molecule has 0 saturated heterocycles. The Morgan fingerprint density at radius 1 is 0.737 bits per heavy atom. The first-order valence-electron chi connectivity index (χ1n) is 5.76. The number of furan rings is 2. The highest BCUT2D eigenvalue weighted by Gasteiger charge is 2.15. The smallest absolute Gasteiger partial charge is 0.136 e. The molecular weight excluding hydrogens is 260 g/mol. The third kappa shape index (κ3) is 1.59. The van der Waals surface area contributed by atoms with Crippen LogP contribution in [0.4, 0.5) is 0 Å². The molecule has 0 unspecified atom stereocenters. The van der Waals surface area contributed by atoms with Gasteiger partial charge in [-0.15, -0.1) is 0 Å². The van der Waals surface area contributed by atoms with Gasteiger partial charge in [0.15, 0.2) is 0 Å². The van der Waals surface area contributed by atoms with Crippen LogP contribution in [0, 0.1) is 0 Å². The predicted molar refractivity (Wildman–Crippen MR) is 72.8 cm³/mol. The maximum Gasteiger partial charge on any atom is 0.136 e. The monoisotopic (exact) mass is 268 g/mol. The van der Waals surface area contributed by atoms with Crippen LogP contribution in [0.5, 0.6) is 0 Å². The summed E-state index contributed by atoms with van der Waals surface area (Å²) in [6.45, 7) is 0. The quantitative estimate of drug-likeness (QED) is 0.546. The van der Waals surface area contributed by atoms with Crippen LogP contribution in [-0.4, -0.2) is 8.75 Å². The Morgan fingerprint density at radius 2 is 1.26 bits per heavy atom. The first kappa shape index (κ1) is 10.5. The highest BCUT2D eigenvalue weighted by Crippen LogP contribution is 2.34. The Kier molecular flexibility index (Phi) is 2.25. The third-order valence-corrected chi connectivity index (χ3v) is 3.52. The largest absolute Gasteiger partial charge is 0.464 e. The standard InChI is InChI=1S/C14H8N2O2S/c1-3-11(17-7-1)9-5-6-10(12-4-2-8-18-12)14-13(9)15-19-16-14/h1-8H. The second kappa shape index (κ2) is 4.07. The molecule has 92 valence electrons. The van der Waals surface area contributed by atoms with Gasteiger partial charge in [0.1, 0.15) is 22.6 Å². The van der Waals surface area contributed by atoms with E-state index >= 15 is 0 Å². The summed E-state index contributed by atoms with van der Waals surface area (Å²) in [7, 11) is 0. The average Bonchev–Trinajstić information content (AvgIpc) is 3.19. The Bertz CT molecular complexity index is 748. The molecule has 5 heteroatoms. The van der Waals surface area contributed by atoms with E-state index in [0.717, 1.165) is 33.7 Å². The summed E-state index contributed by atoms with van der Waals surface area (Å²) in [6.07, 6.45) is 3.31. The molecule has 0 radical (unpaired) electrons. The van der Waals surface area contributed by atoms with Gasteiger partial charge in [0.05, 0.1) is 24.3 Å². The molecule has 3 heterocycles. The van der Waals surface area contributed by atoms with Crippen LogP contribution in [0.3, 0.4) is 0 Å². The molecule has 4 aromatic rings. The number of hydrogen-bond acceptors (Lipinski definition) is 5. The van der Waals surface area contributed by atoms with Crippen molar-refractivity contribution in [3.05, 3.63) is 48.9 Å². The highest BCUT2D eigenvalue weighted by molar-refractivity contribution is 7.00. The lowest BCUT2D eigenvalue weighted by Gasteiger charge is -2.02. The average molecular weight is 268 g/mol. The van der Waals surface area contributed by atoms with Gasteiger partial charge in [0, 0.05) is 11.1 Å². The zero-order valence-corrected chi connectivity index (χ0v) is 10.6. The molecule has 3 aromatic heterocycles. The van der Waals surface area contributed by atoms with E-state index in [1.54, 1.807) is 12.5 Å². The van der Waals surface area contributed by atoms with E-state index in [1.807, 2.05) is 36.4 Å². The van der Waals surface area contributed by atoms with Crippen molar-refractivity contribution in [2.45, 2.75) is 0 Å². The summed E-state index contributed by atoms with van der Waals surface area (Å²) in [6, 6.07) is 11.5. The minimum absolute atomic E-state index is 0.795. The van der Waals surface area contributed by atoms with Gasteiger partial charge in [-0.2, -0.15) is 8.75 Å². The zero-order valence-electron chi connectivity index (χ0n) is 9.74. The molecule has 0 aliphatic heterocycles. The first-order valence-corrected chi connectivity index (χ1v) is 6.49. The lowest BCUT2D eigenvalue weighted by atomic mass is 10.1. The van der Waals surface area contributed by atoms with Gasteiger partial charge in [-0.05, 0) is 36.4 Å². The van der Waals surface area contributed by atoms with E-state index in [-0.39, 0.29) is 0 Å². The zero-order chi connectivity index (χ0) is 12.7. The highest BCUT2D eigenvalue weighted by atomic mass is 32.1. The van der Waals surface area contributed by atoms with Crippen molar-refractivity contribution < 1.29 is 8.83 Å². The fourth-order valence-corrected chi connectivity index (χ4v) is 2.70. The van der Waals surface area contributed by atoms with Crippen LogP contribution in [0.15, 0.2) is 57.8 Å². The second-order valence-corrected chi connectivity index (χ2v) is 4.61. The summed E-state index contributed by atoms with van der Waals surface area (Å²) in [5, 5.41) is 0. The summed E-state index contributed by atoms with van der Waals surface area (Å²) in [5.74, 6) is 1.59. The fraction of sp³-hybridized carbons (Fsp3) is 0. The molecule has 0 aliphatic rings. The van der Waals surface area contributed by atoms with Gasteiger partial charge in [-0.25, -0.2) is 0 Å². The number of benzene rings is 1. The van der Waals surface area contributed by atoms with Crippen molar-refractivity contribution in [3.8, 4) is 22.6 Å². The van der Waals surface area contributed by atoms with Gasteiger partial charge in [0.2, 0.25) is 0 Å². The third-order valence-electron chi connectivity index (χ3n) is 2.99. The lowest BCUT2D eigenvalue weighted by Crippen LogP contribution is -1.82. The number of nitrogens with zero attached hydrogens (tertiary/aromatic N) is 2. The predicted octanol–water partition coefficient (Wildman–Crippen LogP) is 4.21. The van der Waals surface area contributed by atoms with Crippen LogP contribution in [0.25, 0.3) is 33.7 Å². The van der Waals surface area contributed by atoms with Crippen LogP contribution < -0.4 is 0 Å². The number of rotatable bonds is 2. The van der Waals surface area contributed by atoms with E-state index in [9.17, 15) is 0 Å². The minimum Gasteiger partial charge on any atom is -0.464 e. The van der Waals surface area contributed by atoms with Gasteiger partial charge >= 0.3 is 0 Å². The maximum absolute atomic E-state index is 5.44. The van der Waals surface area contributed by atoms with Crippen LogP contribution in [-0.2, 0) is 0 Å². The molecule has 0 N–H and O–H groups in total. The topological polar surface area (TPSA) is 52.1 Å². The Hall–Kier alpha value is -2.40. The van der Waals surface area contributed by atoms with Crippen molar-refractivity contribution in [1.82, 2.24) is 8.75 Å². The molecule has 1 aromatic carbocycles. The molecule has 19 heavy (non-hydrogen) atoms. The molecule has 0 amide bonds. The lowest BCUT2D eigenvalue weighted by molar-refractivity contribution is 0.581. The Balaban J connectivity index is 2.01. The van der Waals surface area contributed by atoms with Crippen molar-refractivity contribution in [3.63, 3.8) is 0 Å². The Morgan fingerprint density at radius 3 is 1.68 bits per heavy atom. The molecule has 4 nitrogen and oxygen atoms in total. The molecule has 0 atom stereocenters. The van der Waals surface area contributed by atoms with E-state index in [0.29, 0.717) is 0 Å². The molecule has 0 bridgehead atoms. The summed E-state index contributed by atoms with van der Waals surface area (Å²) in [4.78, 5) is 0. The maximum atomic E-state index is 5.44. The van der Waals surface area contributed by atoms with E-state index < -0.39 is 0 Å². The number of aromatic nitrogens is 2. The van der Waals surface area contributed by atoms with Gasteiger partial charge in [0.25, 0.3) is 0 Å². The summed E-state index contributed by atoms with van der Waals surface area (Å²) in [5.41, 5.74) is 3.58. The first-order chi connectivity index (χ1) is 9.43. The van der Waals surface area contributed by atoms with Crippen molar-refractivity contribution in [2.24, 2.45) is 0 Å². The van der Waals surface area contributed by atoms with Crippen molar-refractivity contribution in [1.29, 1.82) is 0 Å². The SMILES string of the molecule is c1coc(-c2ccc(-c3ccco3)c3nsnc23)c1. The molecular formula is C14H8N2O2S. The van der Waals surface area contributed by atoms with E-state index in [1.165, 1.54) is 11.7 Å². The van der Waals surface area contributed by atoms with E-state index in [4.69, 9.17) is 8.83 Å². The molecule has 4 rings (SSSR count). The normalized spacial score (nSPS) is 11.2. The summed E-state index contributed by atoms with van der Waals surface area (Å²) < 4.78 is 19.6. The number of fused-ring (bicyclic) bond motifs is 1. The summed E-state index contributed by atoms with van der Waals surface area (Å²) >= 11 is 1.19. The van der Waals surface area contributed by atoms with Gasteiger partial charge in [-0.3, -0.25) is 0 Å². The van der Waals surface area contributed by atoms with Crippen LogP contribution >= 0.6 is 11.7 Å². The molecule has 0 aliphatic carbocycles. The second-order valence-electron chi connectivity index (χ2n) is 4.08. The van der Waals surface area contributed by atoms with Crippen LogP contribution in [0.1, 0.15) is 0 Å². The molecule has 0 spiro atoms. The minimum atomic E-state index is 0.795. The molecule has 0 saturated carbocycles. The van der Waals surface area contributed by atoms with E-state index in [2.05, 4.69) is 8.75 Å². The van der Waals surface area contributed by atoms with Crippen molar-refractivity contribution >= 4 is 22.8 Å². The van der Waals surface area contributed by atoms with Gasteiger partial charge < -0.3 is 8.83 Å². The van der Waals surface area contributed by atoms with Gasteiger partial charge in [-0.1, -0.05) is 0 Å². The molecule has 0 fully saturated rings. The van der Waals surface area contributed by atoms with Crippen LogP contribution in [0.2, 0.25) is 0 Å². The van der Waals surface area contributed by atoms with Crippen molar-refractivity contribution in [2.75, 3.05) is 0 Å². The fourth-order valence-electron chi connectivity index (χ4n) is 2.13.